The van der Waals surface area contributed by atoms with Crippen molar-refractivity contribution >= 4 is 5.91 Å². The number of carbonyl (C=O) groups is 1. The van der Waals surface area contributed by atoms with Crippen molar-refractivity contribution < 1.29 is 4.79 Å². The van der Waals surface area contributed by atoms with E-state index in [4.69, 9.17) is 11.5 Å². The van der Waals surface area contributed by atoms with Gasteiger partial charge in [0.15, 0.2) is 0 Å². The first-order valence-electron chi connectivity index (χ1n) is 6.29. The Kier molecular flexibility index (Phi) is 3.22. The number of amides is 1. The SMILES string of the molecule is CN(CC1CCC1)CC(N)(C(N)=O)C1CC1. The minimum absolute atomic E-state index is 0.314. The second-order valence-electron chi connectivity index (χ2n) is 5.67. The van der Waals surface area contributed by atoms with Crippen LogP contribution in [-0.4, -0.2) is 36.5 Å². The van der Waals surface area contributed by atoms with Gasteiger partial charge in [0.1, 0.15) is 5.54 Å². The van der Waals surface area contributed by atoms with Crippen LogP contribution in [0, 0.1) is 11.8 Å². The molecular weight excluding hydrogens is 202 g/mol. The molecule has 2 aliphatic carbocycles. The fraction of sp³-hybridized carbons (Fsp3) is 0.917. The molecule has 1 amide bonds. The molecule has 0 radical (unpaired) electrons. The Morgan fingerprint density at radius 3 is 2.38 bits per heavy atom. The van der Waals surface area contributed by atoms with Gasteiger partial charge in [-0.15, -0.1) is 0 Å². The molecule has 0 saturated heterocycles. The summed E-state index contributed by atoms with van der Waals surface area (Å²) in [6.45, 7) is 1.67. The topological polar surface area (TPSA) is 72.3 Å². The second kappa shape index (κ2) is 4.34. The number of rotatable bonds is 6. The Morgan fingerprint density at radius 1 is 1.38 bits per heavy atom. The molecule has 2 rings (SSSR count). The van der Waals surface area contributed by atoms with Crippen LogP contribution in [0.1, 0.15) is 32.1 Å². The molecule has 4 N–H and O–H groups in total. The monoisotopic (exact) mass is 225 g/mol. The van der Waals surface area contributed by atoms with Crippen molar-refractivity contribution in [1.82, 2.24) is 4.90 Å². The molecule has 16 heavy (non-hydrogen) atoms. The van der Waals surface area contributed by atoms with Gasteiger partial charge in [-0.25, -0.2) is 0 Å². The Morgan fingerprint density at radius 2 is 2.00 bits per heavy atom. The zero-order valence-electron chi connectivity index (χ0n) is 10.1. The van der Waals surface area contributed by atoms with Crippen LogP contribution in [0.3, 0.4) is 0 Å². The molecule has 0 aromatic heterocycles. The van der Waals surface area contributed by atoms with E-state index >= 15 is 0 Å². The predicted octanol–water partition coefficient (Wildman–Crippen LogP) is 0.311. The fourth-order valence-electron chi connectivity index (χ4n) is 2.63. The van der Waals surface area contributed by atoms with Crippen molar-refractivity contribution in [3.05, 3.63) is 0 Å². The van der Waals surface area contributed by atoms with Gasteiger partial charge in [0.2, 0.25) is 5.91 Å². The van der Waals surface area contributed by atoms with Crippen molar-refractivity contribution in [3.63, 3.8) is 0 Å². The molecule has 0 bridgehead atoms. The molecule has 0 aromatic rings. The normalized spacial score (nSPS) is 25.2. The molecule has 0 heterocycles. The summed E-state index contributed by atoms with van der Waals surface area (Å²) in [4.78, 5) is 13.7. The number of hydrogen-bond acceptors (Lipinski definition) is 3. The lowest BCUT2D eigenvalue weighted by Crippen LogP contribution is -2.60. The minimum atomic E-state index is -0.793. The Balaban J connectivity index is 1.86. The first-order chi connectivity index (χ1) is 7.52. The Bertz CT molecular complexity index is 273. The summed E-state index contributed by atoms with van der Waals surface area (Å²) in [6.07, 6.45) is 6.10. The van der Waals surface area contributed by atoms with E-state index in [1.54, 1.807) is 0 Å². The third-order valence-electron chi connectivity index (χ3n) is 4.09. The summed E-state index contributed by atoms with van der Waals surface area (Å²) in [5.74, 6) is 0.783. The largest absolute Gasteiger partial charge is 0.368 e. The molecule has 92 valence electrons. The van der Waals surface area contributed by atoms with E-state index in [9.17, 15) is 4.79 Å². The van der Waals surface area contributed by atoms with Gasteiger partial charge in [-0.1, -0.05) is 6.42 Å². The van der Waals surface area contributed by atoms with Crippen LogP contribution in [0.15, 0.2) is 0 Å². The number of primary amides is 1. The first-order valence-corrected chi connectivity index (χ1v) is 6.29. The second-order valence-corrected chi connectivity index (χ2v) is 5.67. The van der Waals surface area contributed by atoms with Gasteiger partial charge < -0.3 is 16.4 Å². The van der Waals surface area contributed by atoms with Crippen LogP contribution in [0.4, 0.5) is 0 Å². The smallest absolute Gasteiger partial charge is 0.239 e. The molecule has 2 fully saturated rings. The summed E-state index contributed by atoms with van der Waals surface area (Å²) in [7, 11) is 2.05. The average molecular weight is 225 g/mol. The van der Waals surface area contributed by atoms with E-state index in [1.807, 2.05) is 7.05 Å². The van der Waals surface area contributed by atoms with Crippen molar-refractivity contribution in [2.24, 2.45) is 23.3 Å². The first kappa shape index (κ1) is 11.9. The quantitative estimate of drug-likeness (QED) is 0.683. The Hall–Kier alpha value is -0.610. The van der Waals surface area contributed by atoms with Gasteiger partial charge in [0.25, 0.3) is 0 Å². The van der Waals surface area contributed by atoms with Gasteiger partial charge >= 0.3 is 0 Å². The molecule has 4 heteroatoms. The maximum Gasteiger partial charge on any atom is 0.239 e. The van der Waals surface area contributed by atoms with Crippen LogP contribution in [0.25, 0.3) is 0 Å². The molecule has 2 saturated carbocycles. The van der Waals surface area contributed by atoms with Crippen molar-refractivity contribution in [2.45, 2.75) is 37.6 Å². The van der Waals surface area contributed by atoms with E-state index in [0.29, 0.717) is 12.5 Å². The Labute approximate surface area is 97.3 Å². The fourth-order valence-corrected chi connectivity index (χ4v) is 2.63. The van der Waals surface area contributed by atoms with Gasteiger partial charge in [-0.3, -0.25) is 4.79 Å². The van der Waals surface area contributed by atoms with E-state index in [0.717, 1.165) is 25.3 Å². The van der Waals surface area contributed by atoms with Crippen LogP contribution in [0.5, 0.6) is 0 Å². The lowest BCUT2D eigenvalue weighted by atomic mass is 9.84. The molecule has 1 atom stereocenters. The third-order valence-corrected chi connectivity index (χ3v) is 4.09. The molecule has 0 spiro atoms. The van der Waals surface area contributed by atoms with E-state index < -0.39 is 5.54 Å². The standard InChI is InChI=1S/C12H23N3O/c1-15(7-9-3-2-4-9)8-12(14,11(13)16)10-5-6-10/h9-10H,2-8,14H2,1H3,(H2,13,16). The number of hydrogen-bond donors (Lipinski definition) is 2. The molecule has 1 unspecified atom stereocenters. The van der Waals surface area contributed by atoms with E-state index in [2.05, 4.69) is 4.90 Å². The lowest BCUT2D eigenvalue weighted by molar-refractivity contribution is -0.124. The number of carbonyl (C=O) groups excluding carboxylic acids is 1. The van der Waals surface area contributed by atoms with E-state index in [-0.39, 0.29) is 5.91 Å². The van der Waals surface area contributed by atoms with Crippen molar-refractivity contribution in [2.75, 3.05) is 20.1 Å². The third kappa shape index (κ3) is 2.38. The molecule has 4 nitrogen and oxygen atoms in total. The summed E-state index contributed by atoms with van der Waals surface area (Å²) in [5.41, 5.74) is 10.8. The van der Waals surface area contributed by atoms with Gasteiger partial charge in [-0.2, -0.15) is 0 Å². The van der Waals surface area contributed by atoms with Crippen molar-refractivity contribution in [3.8, 4) is 0 Å². The predicted molar refractivity (Wildman–Crippen MR) is 63.7 cm³/mol. The maximum atomic E-state index is 11.5. The highest BCUT2D eigenvalue weighted by atomic mass is 16.1. The highest BCUT2D eigenvalue weighted by Crippen LogP contribution is 2.38. The number of likely N-dealkylation sites (N-methyl/N-ethyl adjacent to an activating group) is 1. The molecular formula is C12H23N3O. The zero-order valence-corrected chi connectivity index (χ0v) is 10.1. The molecule has 0 aromatic carbocycles. The zero-order chi connectivity index (χ0) is 11.8. The van der Waals surface area contributed by atoms with Crippen molar-refractivity contribution in [1.29, 1.82) is 0 Å². The summed E-state index contributed by atoms with van der Waals surface area (Å²) >= 11 is 0. The highest BCUT2D eigenvalue weighted by molar-refractivity contribution is 5.85. The average Bonchev–Trinajstić information content (AvgIpc) is 2.94. The van der Waals surface area contributed by atoms with Crippen LogP contribution < -0.4 is 11.5 Å². The number of nitrogens with two attached hydrogens (primary N) is 2. The summed E-state index contributed by atoms with van der Waals surface area (Å²) in [5, 5.41) is 0. The lowest BCUT2D eigenvalue weighted by Gasteiger charge is -2.35. The van der Waals surface area contributed by atoms with Crippen LogP contribution in [0.2, 0.25) is 0 Å². The van der Waals surface area contributed by atoms with Gasteiger partial charge in [-0.05, 0) is 44.6 Å². The number of nitrogens with zero attached hydrogens (tertiary/aromatic N) is 1. The highest BCUT2D eigenvalue weighted by Gasteiger charge is 2.47. The van der Waals surface area contributed by atoms with Gasteiger partial charge in [0.05, 0.1) is 0 Å². The van der Waals surface area contributed by atoms with Crippen LogP contribution in [-0.2, 0) is 4.79 Å². The molecule has 2 aliphatic rings. The minimum Gasteiger partial charge on any atom is -0.368 e. The van der Waals surface area contributed by atoms with E-state index in [1.165, 1.54) is 19.3 Å². The maximum absolute atomic E-state index is 11.5. The summed E-state index contributed by atoms with van der Waals surface area (Å²) < 4.78 is 0. The van der Waals surface area contributed by atoms with Crippen LogP contribution >= 0.6 is 0 Å². The summed E-state index contributed by atoms with van der Waals surface area (Å²) in [6, 6.07) is 0. The van der Waals surface area contributed by atoms with Gasteiger partial charge in [0, 0.05) is 13.1 Å². The molecule has 0 aliphatic heterocycles.